The fraction of sp³-hybridized carbons (Fsp3) is 0.571. The van der Waals surface area contributed by atoms with Gasteiger partial charge < -0.3 is 4.74 Å². The van der Waals surface area contributed by atoms with Gasteiger partial charge in [0, 0.05) is 5.56 Å². The first-order valence-electron chi connectivity index (χ1n) is 6.34. The number of hydrogen-bond donors (Lipinski definition) is 0. The summed E-state index contributed by atoms with van der Waals surface area (Å²) in [6.07, 6.45) is 6.16. The van der Waals surface area contributed by atoms with Crippen molar-refractivity contribution in [3.05, 3.63) is 29.8 Å². The summed E-state index contributed by atoms with van der Waals surface area (Å²) in [5.74, 6) is 0.823. The smallest absolute Gasteiger partial charge is 0.216 e. The van der Waals surface area contributed by atoms with Gasteiger partial charge in [0.25, 0.3) is 0 Å². The maximum absolute atomic E-state index is 5.78. The molecule has 0 saturated heterocycles. The zero-order valence-electron chi connectivity index (χ0n) is 10.6. The first kappa shape index (κ1) is 15.9. The zero-order chi connectivity index (χ0) is 13.4. The minimum Gasteiger partial charge on any atom is -0.494 e. The molecule has 0 N–H and O–H groups in total. The lowest BCUT2D eigenvalue weighted by molar-refractivity contribution is 0.304. The molecular formula is C14H19Cl3O. The van der Waals surface area contributed by atoms with Gasteiger partial charge in [-0.15, -0.1) is 0 Å². The Morgan fingerprint density at radius 2 is 1.56 bits per heavy atom. The topological polar surface area (TPSA) is 9.23 Å². The number of unbranched alkanes of at least 4 members (excludes halogenated alkanes) is 4. The van der Waals surface area contributed by atoms with Crippen molar-refractivity contribution in [2.75, 3.05) is 6.61 Å². The molecule has 0 bridgehead atoms. The summed E-state index contributed by atoms with van der Waals surface area (Å²) in [6.45, 7) is 2.96. The average Bonchev–Trinajstić information content (AvgIpc) is 2.33. The van der Waals surface area contributed by atoms with Gasteiger partial charge in [-0.25, -0.2) is 0 Å². The summed E-state index contributed by atoms with van der Waals surface area (Å²) in [5.41, 5.74) is 0.655. The number of alkyl halides is 3. The van der Waals surface area contributed by atoms with E-state index in [1.165, 1.54) is 25.7 Å². The van der Waals surface area contributed by atoms with Crippen LogP contribution in [-0.2, 0) is 3.79 Å². The van der Waals surface area contributed by atoms with E-state index in [-0.39, 0.29) is 0 Å². The molecule has 0 atom stereocenters. The summed E-state index contributed by atoms with van der Waals surface area (Å²) in [4.78, 5) is 0. The summed E-state index contributed by atoms with van der Waals surface area (Å²) in [6, 6.07) is 7.23. The largest absolute Gasteiger partial charge is 0.494 e. The molecule has 0 spiro atoms. The summed E-state index contributed by atoms with van der Waals surface area (Å²) in [5, 5.41) is 0. The average molecular weight is 310 g/mol. The maximum Gasteiger partial charge on any atom is 0.216 e. The van der Waals surface area contributed by atoms with Crippen molar-refractivity contribution in [2.24, 2.45) is 0 Å². The Labute approximate surface area is 124 Å². The van der Waals surface area contributed by atoms with Crippen LogP contribution in [0.15, 0.2) is 24.3 Å². The van der Waals surface area contributed by atoms with E-state index in [9.17, 15) is 0 Å². The number of halogens is 3. The van der Waals surface area contributed by atoms with Crippen molar-refractivity contribution < 1.29 is 4.74 Å². The quantitative estimate of drug-likeness (QED) is 0.452. The molecule has 0 aliphatic heterocycles. The van der Waals surface area contributed by atoms with Crippen LogP contribution >= 0.6 is 34.8 Å². The predicted octanol–water partition coefficient (Wildman–Crippen LogP) is 5.86. The highest BCUT2D eigenvalue weighted by atomic mass is 35.6. The minimum absolute atomic E-state index is 0.655. The molecule has 0 aliphatic rings. The van der Waals surface area contributed by atoms with Crippen LogP contribution in [0.25, 0.3) is 0 Å². The van der Waals surface area contributed by atoms with Crippen LogP contribution in [0, 0.1) is 0 Å². The van der Waals surface area contributed by atoms with Gasteiger partial charge in [0.1, 0.15) is 5.75 Å². The maximum atomic E-state index is 5.78. The third-order valence-electron chi connectivity index (χ3n) is 2.70. The fourth-order valence-corrected chi connectivity index (χ4v) is 2.01. The van der Waals surface area contributed by atoms with Gasteiger partial charge in [0.05, 0.1) is 6.61 Å². The van der Waals surface area contributed by atoms with Gasteiger partial charge in [-0.05, 0) is 18.6 Å². The molecule has 0 fully saturated rings. The summed E-state index contributed by atoms with van der Waals surface area (Å²) >= 11 is 17.3. The Morgan fingerprint density at radius 3 is 2.11 bits per heavy atom. The molecule has 102 valence electrons. The molecule has 0 amide bonds. The van der Waals surface area contributed by atoms with Gasteiger partial charge in [0.2, 0.25) is 3.79 Å². The van der Waals surface area contributed by atoms with E-state index < -0.39 is 3.79 Å². The number of hydrogen-bond acceptors (Lipinski definition) is 1. The molecule has 0 unspecified atom stereocenters. The van der Waals surface area contributed by atoms with E-state index in [0.717, 1.165) is 18.8 Å². The highest BCUT2D eigenvalue weighted by molar-refractivity contribution is 6.66. The van der Waals surface area contributed by atoms with Crippen LogP contribution in [-0.4, -0.2) is 6.61 Å². The molecule has 1 rings (SSSR count). The molecule has 4 heteroatoms. The molecule has 18 heavy (non-hydrogen) atoms. The lowest BCUT2D eigenvalue weighted by atomic mass is 10.2. The van der Waals surface area contributed by atoms with Crippen LogP contribution in [0.4, 0.5) is 0 Å². The van der Waals surface area contributed by atoms with Gasteiger partial charge in [-0.1, -0.05) is 79.5 Å². The van der Waals surface area contributed by atoms with E-state index in [4.69, 9.17) is 39.5 Å². The first-order valence-corrected chi connectivity index (χ1v) is 7.47. The summed E-state index contributed by atoms with van der Waals surface area (Å²) in [7, 11) is 0. The fourth-order valence-electron chi connectivity index (χ4n) is 1.64. The Kier molecular flexibility index (Phi) is 7.21. The highest BCUT2D eigenvalue weighted by Gasteiger charge is 2.22. The van der Waals surface area contributed by atoms with Gasteiger partial charge in [-0.2, -0.15) is 0 Å². The van der Waals surface area contributed by atoms with Crippen molar-refractivity contribution in [1.29, 1.82) is 0 Å². The molecule has 1 aromatic carbocycles. The van der Waals surface area contributed by atoms with Crippen LogP contribution in [0.1, 0.15) is 44.6 Å². The second kappa shape index (κ2) is 8.14. The van der Waals surface area contributed by atoms with Crippen molar-refractivity contribution >= 4 is 34.8 Å². The van der Waals surface area contributed by atoms with Crippen molar-refractivity contribution in [2.45, 2.75) is 42.8 Å². The second-order valence-corrected chi connectivity index (χ2v) is 6.57. The van der Waals surface area contributed by atoms with Crippen LogP contribution in [0.5, 0.6) is 5.75 Å². The van der Waals surface area contributed by atoms with Gasteiger partial charge in [-0.3, -0.25) is 0 Å². The molecule has 0 aliphatic carbocycles. The van der Waals surface area contributed by atoms with E-state index in [1.807, 2.05) is 12.1 Å². The molecular weight excluding hydrogens is 291 g/mol. The lowest BCUT2D eigenvalue weighted by Crippen LogP contribution is -2.01. The molecule has 0 heterocycles. The standard InChI is InChI=1S/C14H19Cl3O/c1-2-3-4-5-6-11-18-13-9-7-12(8-10-13)14(15,16)17/h7-10H,2-6,11H2,1H3. The summed E-state index contributed by atoms with van der Waals surface area (Å²) < 4.78 is 4.26. The Balaban J connectivity index is 2.27. The predicted molar refractivity (Wildman–Crippen MR) is 79.9 cm³/mol. The van der Waals surface area contributed by atoms with E-state index >= 15 is 0 Å². The lowest BCUT2D eigenvalue weighted by Gasteiger charge is -2.12. The Hall–Kier alpha value is -0.110. The van der Waals surface area contributed by atoms with Crippen LogP contribution < -0.4 is 4.74 Å². The van der Waals surface area contributed by atoms with Crippen molar-refractivity contribution in [3.8, 4) is 5.75 Å². The van der Waals surface area contributed by atoms with Gasteiger partial charge in [0.15, 0.2) is 0 Å². The Morgan fingerprint density at radius 1 is 0.944 bits per heavy atom. The minimum atomic E-state index is -1.36. The van der Waals surface area contributed by atoms with Crippen LogP contribution in [0.2, 0.25) is 0 Å². The molecule has 0 radical (unpaired) electrons. The molecule has 1 aromatic rings. The first-order chi connectivity index (χ1) is 8.54. The molecule has 1 nitrogen and oxygen atoms in total. The van der Waals surface area contributed by atoms with Crippen molar-refractivity contribution in [1.82, 2.24) is 0 Å². The molecule has 0 aromatic heterocycles. The van der Waals surface area contributed by atoms with Crippen molar-refractivity contribution in [3.63, 3.8) is 0 Å². The van der Waals surface area contributed by atoms with E-state index in [2.05, 4.69) is 6.92 Å². The van der Waals surface area contributed by atoms with E-state index in [1.54, 1.807) is 12.1 Å². The SMILES string of the molecule is CCCCCCCOc1ccc(C(Cl)(Cl)Cl)cc1. The van der Waals surface area contributed by atoms with Crippen LogP contribution in [0.3, 0.4) is 0 Å². The van der Waals surface area contributed by atoms with E-state index in [0.29, 0.717) is 5.56 Å². The zero-order valence-corrected chi connectivity index (χ0v) is 12.9. The number of benzene rings is 1. The monoisotopic (exact) mass is 308 g/mol. The van der Waals surface area contributed by atoms with Gasteiger partial charge >= 0.3 is 0 Å². The number of ether oxygens (including phenoxy) is 1. The Bertz CT molecular complexity index is 330. The highest BCUT2D eigenvalue weighted by Crippen LogP contribution is 2.38. The third-order valence-corrected chi connectivity index (χ3v) is 3.35. The second-order valence-electron chi connectivity index (χ2n) is 4.28. The normalized spacial score (nSPS) is 11.6. The number of rotatable bonds is 7. The third kappa shape index (κ3) is 6.17. The molecule has 0 saturated carbocycles.